The second-order valence-electron chi connectivity index (χ2n) is 6.66. The summed E-state index contributed by atoms with van der Waals surface area (Å²) in [7, 11) is 0. The van der Waals surface area contributed by atoms with Crippen LogP contribution in [0.1, 0.15) is 23.1 Å². The van der Waals surface area contributed by atoms with Gasteiger partial charge in [-0.3, -0.25) is 0 Å². The lowest BCUT2D eigenvalue weighted by molar-refractivity contribution is 1.36. The molecule has 0 aromatic heterocycles. The van der Waals surface area contributed by atoms with E-state index in [9.17, 15) is 0 Å². The highest BCUT2D eigenvalue weighted by Crippen LogP contribution is 2.33. The molecule has 0 atom stereocenters. The molecule has 2 aromatic carbocycles. The maximum absolute atomic E-state index is 6.34. The molecule has 0 amide bonds. The van der Waals surface area contributed by atoms with Crippen molar-refractivity contribution < 1.29 is 0 Å². The molecule has 0 saturated carbocycles. The number of hydrogen-bond acceptors (Lipinski definition) is 3. The third-order valence-corrected chi connectivity index (χ3v) is 4.48. The smallest absolute Gasteiger partial charge is 0.199 e. The van der Waals surface area contributed by atoms with Crippen molar-refractivity contribution in [1.82, 2.24) is 0 Å². The Morgan fingerprint density at radius 1 is 1.07 bits per heavy atom. The van der Waals surface area contributed by atoms with Crippen molar-refractivity contribution in [2.75, 3.05) is 11.1 Å². The summed E-state index contributed by atoms with van der Waals surface area (Å²) in [6.45, 7) is 6.23. The number of amidine groups is 1. The van der Waals surface area contributed by atoms with Gasteiger partial charge in [0.1, 0.15) is 0 Å². The SMILES string of the molecule is Cc1cc(-c2c(C)cccc2C)cc(N)c1NC(N)=NC1=NC=CCC=C1. The maximum Gasteiger partial charge on any atom is 0.199 e. The molecule has 1 heterocycles. The first-order chi connectivity index (χ1) is 13.0. The quantitative estimate of drug-likeness (QED) is 0.420. The molecule has 5 nitrogen and oxygen atoms in total. The number of nitrogens with one attached hydrogen (secondary N) is 1. The minimum absolute atomic E-state index is 0.253. The first kappa shape index (κ1) is 18.5. The molecule has 5 N–H and O–H groups in total. The van der Waals surface area contributed by atoms with Gasteiger partial charge in [-0.25, -0.2) is 4.99 Å². The van der Waals surface area contributed by atoms with E-state index in [1.807, 2.05) is 31.2 Å². The second kappa shape index (κ2) is 7.91. The van der Waals surface area contributed by atoms with Gasteiger partial charge in [0.15, 0.2) is 11.8 Å². The van der Waals surface area contributed by atoms with Crippen LogP contribution in [0.4, 0.5) is 11.4 Å². The lowest BCUT2D eigenvalue weighted by atomic mass is 9.94. The predicted molar refractivity (Wildman–Crippen MR) is 116 cm³/mol. The average Bonchev–Trinajstić information content (AvgIpc) is 2.86. The number of nitrogens with zero attached hydrogens (tertiary/aromatic N) is 2. The fraction of sp³-hybridized carbons (Fsp3) is 0.182. The fourth-order valence-corrected chi connectivity index (χ4v) is 3.23. The van der Waals surface area contributed by atoms with Gasteiger partial charge in [-0.15, -0.1) is 0 Å². The minimum Gasteiger partial charge on any atom is -0.397 e. The van der Waals surface area contributed by atoms with E-state index in [-0.39, 0.29) is 5.96 Å². The minimum atomic E-state index is 0.253. The number of anilines is 2. The molecule has 0 spiro atoms. The average molecular weight is 359 g/mol. The molecule has 3 rings (SSSR count). The lowest BCUT2D eigenvalue weighted by Gasteiger charge is -2.16. The van der Waals surface area contributed by atoms with Crippen LogP contribution in [0.3, 0.4) is 0 Å². The van der Waals surface area contributed by atoms with Crippen molar-refractivity contribution in [2.24, 2.45) is 15.7 Å². The monoisotopic (exact) mass is 359 g/mol. The van der Waals surface area contributed by atoms with Crippen LogP contribution in [0.25, 0.3) is 11.1 Å². The standard InChI is InChI=1S/C22H25N5/c1-14-8-7-9-15(2)20(14)17-12-16(3)21(18(23)13-17)27-22(24)26-19-10-5-4-6-11-25-19/h5-13H,4,23H2,1-3H3,(H3,24,25,26,27). The van der Waals surface area contributed by atoms with E-state index in [0.29, 0.717) is 11.5 Å². The molecule has 0 aliphatic carbocycles. The molecule has 1 aliphatic heterocycles. The van der Waals surface area contributed by atoms with E-state index in [2.05, 4.69) is 53.4 Å². The summed E-state index contributed by atoms with van der Waals surface area (Å²) in [6, 6.07) is 10.4. The molecular weight excluding hydrogens is 334 g/mol. The van der Waals surface area contributed by atoms with Gasteiger partial charge in [0.2, 0.25) is 0 Å². The zero-order valence-corrected chi connectivity index (χ0v) is 16.0. The number of guanidine groups is 1. The molecule has 0 unspecified atom stereocenters. The van der Waals surface area contributed by atoms with Crippen LogP contribution < -0.4 is 16.8 Å². The molecule has 0 fully saturated rings. The van der Waals surface area contributed by atoms with Crippen molar-refractivity contribution in [3.05, 3.63) is 71.5 Å². The van der Waals surface area contributed by atoms with Crippen LogP contribution >= 0.6 is 0 Å². The molecular formula is C22H25N5. The van der Waals surface area contributed by atoms with Gasteiger partial charge < -0.3 is 16.8 Å². The van der Waals surface area contributed by atoms with E-state index < -0.39 is 0 Å². The zero-order chi connectivity index (χ0) is 19.4. The summed E-state index contributed by atoms with van der Waals surface area (Å²) in [6.07, 6.45) is 8.34. The molecule has 2 aromatic rings. The number of benzene rings is 2. The fourth-order valence-electron chi connectivity index (χ4n) is 3.23. The van der Waals surface area contributed by atoms with Crippen LogP contribution in [-0.2, 0) is 0 Å². The summed E-state index contributed by atoms with van der Waals surface area (Å²) in [4.78, 5) is 8.56. The Morgan fingerprint density at radius 3 is 2.52 bits per heavy atom. The highest BCUT2D eigenvalue weighted by molar-refractivity contribution is 6.07. The van der Waals surface area contributed by atoms with Crippen LogP contribution in [0.15, 0.2) is 64.7 Å². The largest absolute Gasteiger partial charge is 0.397 e. The molecule has 0 bridgehead atoms. The van der Waals surface area contributed by atoms with E-state index in [1.54, 1.807) is 6.20 Å². The number of nitrogens with two attached hydrogens (primary N) is 2. The lowest BCUT2D eigenvalue weighted by Crippen LogP contribution is -2.24. The Morgan fingerprint density at radius 2 is 1.81 bits per heavy atom. The Balaban J connectivity index is 1.92. The third kappa shape index (κ3) is 4.26. The van der Waals surface area contributed by atoms with Crippen molar-refractivity contribution in [2.45, 2.75) is 27.2 Å². The predicted octanol–water partition coefficient (Wildman–Crippen LogP) is 4.46. The van der Waals surface area contributed by atoms with Crippen LogP contribution in [0.2, 0.25) is 0 Å². The topological polar surface area (TPSA) is 88.8 Å². The van der Waals surface area contributed by atoms with E-state index >= 15 is 0 Å². The van der Waals surface area contributed by atoms with E-state index in [0.717, 1.165) is 23.2 Å². The third-order valence-electron chi connectivity index (χ3n) is 4.48. The molecule has 5 heteroatoms. The highest BCUT2D eigenvalue weighted by Gasteiger charge is 2.11. The normalized spacial score (nSPS) is 14.0. The summed E-state index contributed by atoms with van der Waals surface area (Å²) in [5.74, 6) is 0.806. The Labute approximate surface area is 160 Å². The summed E-state index contributed by atoms with van der Waals surface area (Å²) < 4.78 is 0. The summed E-state index contributed by atoms with van der Waals surface area (Å²) in [5.41, 5.74) is 19.6. The van der Waals surface area contributed by atoms with Crippen LogP contribution in [0.5, 0.6) is 0 Å². The molecule has 0 radical (unpaired) electrons. The van der Waals surface area contributed by atoms with E-state index in [1.165, 1.54) is 16.7 Å². The van der Waals surface area contributed by atoms with Crippen LogP contribution in [0, 0.1) is 20.8 Å². The Bertz CT molecular complexity index is 937. The Hall–Kier alpha value is -3.34. The van der Waals surface area contributed by atoms with Crippen LogP contribution in [-0.4, -0.2) is 11.8 Å². The number of aryl methyl sites for hydroxylation is 3. The van der Waals surface area contributed by atoms with Gasteiger partial charge in [-0.2, -0.15) is 4.99 Å². The number of hydrogen-bond donors (Lipinski definition) is 3. The summed E-state index contributed by atoms with van der Waals surface area (Å²) >= 11 is 0. The second-order valence-corrected chi connectivity index (χ2v) is 6.66. The first-order valence-corrected chi connectivity index (χ1v) is 8.93. The molecule has 27 heavy (non-hydrogen) atoms. The first-order valence-electron chi connectivity index (χ1n) is 8.93. The molecule has 1 aliphatic rings. The summed E-state index contributed by atoms with van der Waals surface area (Å²) in [5, 5.41) is 3.12. The zero-order valence-electron chi connectivity index (χ0n) is 16.0. The molecule has 0 saturated heterocycles. The van der Waals surface area contributed by atoms with Crippen molar-refractivity contribution >= 4 is 23.2 Å². The Kier molecular flexibility index (Phi) is 5.41. The van der Waals surface area contributed by atoms with Gasteiger partial charge in [0, 0.05) is 6.20 Å². The van der Waals surface area contributed by atoms with Gasteiger partial charge in [0.05, 0.1) is 11.4 Å². The number of aliphatic imine (C=N–C) groups is 2. The highest BCUT2D eigenvalue weighted by atomic mass is 15.1. The van der Waals surface area contributed by atoms with Crippen molar-refractivity contribution in [3.63, 3.8) is 0 Å². The number of allylic oxidation sites excluding steroid dienone is 2. The van der Waals surface area contributed by atoms with Gasteiger partial charge >= 0.3 is 0 Å². The maximum atomic E-state index is 6.34. The van der Waals surface area contributed by atoms with Crippen molar-refractivity contribution in [1.29, 1.82) is 0 Å². The number of rotatable bonds is 2. The van der Waals surface area contributed by atoms with Crippen molar-refractivity contribution in [3.8, 4) is 11.1 Å². The van der Waals surface area contributed by atoms with Gasteiger partial charge in [-0.05, 0) is 73.2 Å². The molecule has 138 valence electrons. The van der Waals surface area contributed by atoms with Gasteiger partial charge in [0.25, 0.3) is 0 Å². The van der Waals surface area contributed by atoms with Gasteiger partial charge in [-0.1, -0.05) is 30.4 Å². The number of nitrogen functional groups attached to an aromatic ring is 1. The van der Waals surface area contributed by atoms with E-state index in [4.69, 9.17) is 11.5 Å².